The summed E-state index contributed by atoms with van der Waals surface area (Å²) < 4.78 is 0. The van der Waals surface area contributed by atoms with Gasteiger partial charge in [-0.1, -0.05) is 0 Å². The number of carbonyl (C=O) groups excluding carboxylic acids is 2. The molecule has 0 atom stereocenters. The number of anilines is 1. The van der Waals surface area contributed by atoms with Crippen LogP contribution in [-0.2, 0) is 4.79 Å². The lowest BCUT2D eigenvalue weighted by molar-refractivity contribution is -0.119. The van der Waals surface area contributed by atoms with Gasteiger partial charge in [-0.05, 0) is 6.92 Å². The third kappa shape index (κ3) is 4.26. The molecule has 0 saturated carbocycles. The summed E-state index contributed by atoms with van der Waals surface area (Å²) in [7, 11) is 0. The van der Waals surface area contributed by atoms with E-state index in [0.29, 0.717) is 5.13 Å². The summed E-state index contributed by atoms with van der Waals surface area (Å²) in [6.45, 7) is 1.87. The highest BCUT2D eigenvalue weighted by Gasteiger charge is 2.08. The number of alkyl halides is 1. The highest BCUT2D eigenvalue weighted by molar-refractivity contribution is 7.15. The number of rotatable bonds is 3. The Morgan fingerprint density at radius 3 is 2.87 bits per heavy atom. The van der Waals surface area contributed by atoms with Crippen molar-refractivity contribution >= 4 is 40.0 Å². The molecule has 2 N–H and O–H groups in total. The molecule has 1 aromatic heterocycles. The second-order valence-electron chi connectivity index (χ2n) is 2.72. The predicted molar refractivity (Wildman–Crippen MR) is 59.3 cm³/mol. The van der Waals surface area contributed by atoms with Gasteiger partial charge < -0.3 is 0 Å². The molecule has 5 nitrogen and oxygen atoms in total. The van der Waals surface area contributed by atoms with Crippen LogP contribution in [0.25, 0.3) is 0 Å². The van der Waals surface area contributed by atoms with Gasteiger partial charge >= 0.3 is 6.03 Å². The van der Waals surface area contributed by atoms with E-state index in [4.69, 9.17) is 11.6 Å². The highest BCUT2D eigenvalue weighted by atomic mass is 35.5. The molecule has 0 radical (unpaired) electrons. The SMILES string of the molecule is Cc1cnc(NC(=O)NC(=O)CCCl)s1. The van der Waals surface area contributed by atoms with Crippen LogP contribution in [0.5, 0.6) is 0 Å². The summed E-state index contributed by atoms with van der Waals surface area (Å²) in [5, 5.41) is 5.04. The van der Waals surface area contributed by atoms with Crippen molar-refractivity contribution < 1.29 is 9.59 Å². The van der Waals surface area contributed by atoms with E-state index in [1.807, 2.05) is 6.92 Å². The van der Waals surface area contributed by atoms with E-state index in [2.05, 4.69) is 15.6 Å². The van der Waals surface area contributed by atoms with Crippen molar-refractivity contribution in [1.82, 2.24) is 10.3 Å². The molecule has 0 aliphatic carbocycles. The van der Waals surface area contributed by atoms with E-state index in [-0.39, 0.29) is 12.3 Å². The number of amides is 3. The molecule has 0 spiro atoms. The van der Waals surface area contributed by atoms with Crippen LogP contribution in [0, 0.1) is 6.92 Å². The lowest BCUT2D eigenvalue weighted by Gasteiger charge is -2.02. The molecule has 3 amide bonds. The number of urea groups is 1. The number of aryl methyl sites for hydroxylation is 1. The van der Waals surface area contributed by atoms with Gasteiger partial charge in [0.15, 0.2) is 5.13 Å². The quantitative estimate of drug-likeness (QED) is 0.799. The largest absolute Gasteiger partial charge is 0.327 e. The van der Waals surface area contributed by atoms with Crippen molar-refractivity contribution in [3.8, 4) is 0 Å². The van der Waals surface area contributed by atoms with E-state index in [9.17, 15) is 9.59 Å². The first-order valence-electron chi connectivity index (χ1n) is 4.21. The van der Waals surface area contributed by atoms with Gasteiger partial charge in [0, 0.05) is 23.4 Å². The number of thiazole rings is 1. The van der Waals surface area contributed by atoms with Crippen LogP contribution in [0.3, 0.4) is 0 Å². The smallest absolute Gasteiger partial charge is 0.283 e. The Balaban J connectivity index is 2.39. The van der Waals surface area contributed by atoms with Crippen molar-refractivity contribution in [1.29, 1.82) is 0 Å². The molecule has 0 aromatic carbocycles. The van der Waals surface area contributed by atoms with Crippen LogP contribution in [0.2, 0.25) is 0 Å². The zero-order valence-corrected chi connectivity index (χ0v) is 9.61. The van der Waals surface area contributed by atoms with Crippen molar-refractivity contribution in [3.63, 3.8) is 0 Å². The van der Waals surface area contributed by atoms with E-state index in [1.54, 1.807) is 6.20 Å². The maximum absolute atomic E-state index is 11.2. The van der Waals surface area contributed by atoms with E-state index in [1.165, 1.54) is 11.3 Å². The number of aromatic nitrogens is 1. The minimum absolute atomic E-state index is 0.117. The topological polar surface area (TPSA) is 71.1 Å². The molecule has 0 unspecified atom stereocenters. The van der Waals surface area contributed by atoms with Crippen LogP contribution >= 0.6 is 22.9 Å². The molecule has 82 valence electrons. The zero-order chi connectivity index (χ0) is 11.3. The van der Waals surface area contributed by atoms with Gasteiger partial charge in [0.05, 0.1) is 0 Å². The number of hydrogen-bond acceptors (Lipinski definition) is 4. The summed E-state index contributed by atoms with van der Waals surface area (Å²) in [4.78, 5) is 27.1. The van der Waals surface area contributed by atoms with Crippen LogP contribution in [0.4, 0.5) is 9.93 Å². The maximum Gasteiger partial charge on any atom is 0.327 e. The molecule has 0 bridgehead atoms. The molecular weight excluding hydrogens is 238 g/mol. The van der Waals surface area contributed by atoms with Gasteiger partial charge in [-0.15, -0.1) is 22.9 Å². The van der Waals surface area contributed by atoms with Crippen LogP contribution in [0.1, 0.15) is 11.3 Å². The van der Waals surface area contributed by atoms with Gasteiger partial charge in [0.2, 0.25) is 5.91 Å². The second-order valence-corrected chi connectivity index (χ2v) is 4.33. The van der Waals surface area contributed by atoms with Gasteiger partial charge in [0.25, 0.3) is 0 Å². The number of halogens is 1. The minimum atomic E-state index is -0.584. The van der Waals surface area contributed by atoms with Crippen molar-refractivity contribution in [2.24, 2.45) is 0 Å². The number of imide groups is 1. The normalized spacial score (nSPS) is 9.73. The molecule has 0 aliphatic heterocycles. The summed E-state index contributed by atoms with van der Waals surface area (Å²) in [6, 6.07) is -0.584. The van der Waals surface area contributed by atoms with Crippen LogP contribution in [-0.4, -0.2) is 22.8 Å². The first-order chi connectivity index (χ1) is 7.11. The fourth-order valence-corrected chi connectivity index (χ4v) is 1.65. The Bertz CT molecular complexity index is 367. The Morgan fingerprint density at radius 1 is 1.60 bits per heavy atom. The van der Waals surface area contributed by atoms with Crippen molar-refractivity contribution in [3.05, 3.63) is 11.1 Å². The Kier molecular flexibility index (Phi) is 4.51. The summed E-state index contributed by atoms with van der Waals surface area (Å²) in [6.07, 6.45) is 1.76. The fourth-order valence-electron chi connectivity index (χ4n) is 0.816. The summed E-state index contributed by atoms with van der Waals surface area (Å²) in [5.41, 5.74) is 0. The van der Waals surface area contributed by atoms with Gasteiger partial charge in [-0.3, -0.25) is 15.4 Å². The Labute approximate surface area is 95.8 Å². The zero-order valence-electron chi connectivity index (χ0n) is 8.04. The number of carbonyl (C=O) groups is 2. The number of nitrogens with one attached hydrogen (secondary N) is 2. The third-order valence-corrected chi connectivity index (χ3v) is 2.43. The Hall–Kier alpha value is -1.14. The van der Waals surface area contributed by atoms with Crippen LogP contribution in [0.15, 0.2) is 6.20 Å². The van der Waals surface area contributed by atoms with Crippen molar-refractivity contribution in [2.45, 2.75) is 13.3 Å². The van der Waals surface area contributed by atoms with Gasteiger partial charge in [-0.25, -0.2) is 9.78 Å². The molecule has 1 rings (SSSR count). The lowest BCUT2D eigenvalue weighted by Crippen LogP contribution is -2.34. The first kappa shape index (κ1) is 11.9. The Morgan fingerprint density at radius 2 is 2.33 bits per heavy atom. The van der Waals surface area contributed by atoms with E-state index >= 15 is 0 Å². The number of nitrogens with zero attached hydrogens (tertiary/aromatic N) is 1. The molecule has 0 aliphatic rings. The third-order valence-electron chi connectivity index (χ3n) is 1.42. The minimum Gasteiger partial charge on any atom is -0.283 e. The van der Waals surface area contributed by atoms with E-state index < -0.39 is 11.9 Å². The summed E-state index contributed by atoms with van der Waals surface area (Å²) in [5.74, 6) is -0.217. The molecule has 7 heteroatoms. The highest BCUT2D eigenvalue weighted by Crippen LogP contribution is 2.15. The second kappa shape index (κ2) is 5.67. The molecule has 0 fully saturated rings. The monoisotopic (exact) mass is 247 g/mol. The first-order valence-corrected chi connectivity index (χ1v) is 5.56. The fraction of sp³-hybridized carbons (Fsp3) is 0.375. The molecule has 1 aromatic rings. The average Bonchev–Trinajstić information content (AvgIpc) is 2.51. The van der Waals surface area contributed by atoms with Crippen LogP contribution < -0.4 is 10.6 Å². The average molecular weight is 248 g/mol. The standard InChI is InChI=1S/C8H10ClN3O2S/c1-5-4-10-8(15-5)12-7(14)11-6(13)2-3-9/h4H,2-3H2,1H3,(H2,10,11,12,13,14). The lowest BCUT2D eigenvalue weighted by atomic mass is 10.4. The van der Waals surface area contributed by atoms with Crippen molar-refractivity contribution in [2.75, 3.05) is 11.2 Å². The maximum atomic E-state index is 11.2. The molecule has 1 heterocycles. The van der Waals surface area contributed by atoms with E-state index in [0.717, 1.165) is 4.88 Å². The van der Waals surface area contributed by atoms with Gasteiger partial charge in [-0.2, -0.15) is 0 Å². The number of hydrogen-bond donors (Lipinski definition) is 2. The van der Waals surface area contributed by atoms with Gasteiger partial charge in [0.1, 0.15) is 0 Å². The molecule has 15 heavy (non-hydrogen) atoms. The molecule has 0 saturated heterocycles. The molecular formula is C8H10ClN3O2S. The summed E-state index contributed by atoms with van der Waals surface area (Å²) >= 11 is 6.68. The predicted octanol–water partition coefficient (Wildman–Crippen LogP) is 1.73.